The van der Waals surface area contributed by atoms with E-state index in [0.29, 0.717) is 31.1 Å². The Morgan fingerprint density at radius 3 is 2.50 bits per heavy atom. The summed E-state index contributed by atoms with van der Waals surface area (Å²) in [5.41, 5.74) is 1.67. The maximum atomic E-state index is 12.7. The summed E-state index contributed by atoms with van der Waals surface area (Å²) in [6.45, 7) is 4.56. The van der Waals surface area contributed by atoms with E-state index in [1.807, 2.05) is 23.1 Å². The summed E-state index contributed by atoms with van der Waals surface area (Å²) in [6.07, 6.45) is 4.75. The van der Waals surface area contributed by atoms with Gasteiger partial charge in [0.2, 0.25) is 0 Å². The minimum Gasteiger partial charge on any atom is -0.467 e. The van der Waals surface area contributed by atoms with Crippen molar-refractivity contribution in [1.82, 2.24) is 19.8 Å². The molecule has 1 N–H and O–H groups in total. The zero-order valence-electron chi connectivity index (χ0n) is 15.6. The van der Waals surface area contributed by atoms with Gasteiger partial charge >= 0.3 is 0 Å². The molecule has 0 bridgehead atoms. The Bertz CT molecular complexity index is 873. The van der Waals surface area contributed by atoms with Crippen molar-refractivity contribution in [2.75, 3.05) is 31.5 Å². The molecule has 7 nitrogen and oxygen atoms in total. The first-order chi connectivity index (χ1) is 13.8. The van der Waals surface area contributed by atoms with Crippen LogP contribution in [0.1, 0.15) is 21.8 Å². The highest BCUT2D eigenvalue weighted by Gasteiger charge is 2.23. The predicted octanol–water partition coefficient (Wildman–Crippen LogP) is 2.64. The zero-order chi connectivity index (χ0) is 19.2. The van der Waals surface area contributed by atoms with E-state index in [1.54, 1.807) is 12.5 Å². The lowest BCUT2D eigenvalue weighted by molar-refractivity contribution is 0.0622. The fourth-order valence-electron chi connectivity index (χ4n) is 3.23. The van der Waals surface area contributed by atoms with E-state index in [2.05, 4.69) is 44.5 Å². The van der Waals surface area contributed by atoms with Crippen molar-refractivity contribution >= 4 is 11.7 Å². The maximum absolute atomic E-state index is 12.7. The molecule has 2 aromatic heterocycles. The first-order valence-corrected chi connectivity index (χ1v) is 9.42. The third kappa shape index (κ3) is 4.55. The second kappa shape index (κ2) is 8.67. The molecule has 4 rings (SSSR count). The highest BCUT2D eigenvalue weighted by molar-refractivity contribution is 5.92. The minimum absolute atomic E-state index is 0.0653. The van der Waals surface area contributed by atoms with Crippen LogP contribution in [0.15, 0.2) is 65.5 Å². The fourth-order valence-corrected chi connectivity index (χ4v) is 3.23. The third-order valence-corrected chi connectivity index (χ3v) is 4.80. The molecule has 1 amide bonds. The van der Waals surface area contributed by atoms with Gasteiger partial charge in [0.25, 0.3) is 5.91 Å². The Kier molecular flexibility index (Phi) is 5.63. The molecule has 0 radical (unpaired) electrons. The average molecular weight is 377 g/mol. The number of nitrogens with one attached hydrogen (secondary N) is 1. The van der Waals surface area contributed by atoms with Crippen LogP contribution >= 0.6 is 0 Å². The van der Waals surface area contributed by atoms with E-state index in [-0.39, 0.29) is 5.91 Å². The number of hydrogen-bond acceptors (Lipinski definition) is 6. The van der Waals surface area contributed by atoms with Crippen LogP contribution in [0.25, 0.3) is 0 Å². The van der Waals surface area contributed by atoms with Crippen molar-refractivity contribution in [2.24, 2.45) is 0 Å². The summed E-state index contributed by atoms with van der Waals surface area (Å²) in [6, 6.07) is 14.1. The van der Waals surface area contributed by atoms with E-state index < -0.39 is 0 Å². The van der Waals surface area contributed by atoms with Gasteiger partial charge in [-0.3, -0.25) is 9.69 Å². The van der Waals surface area contributed by atoms with Crippen molar-refractivity contribution in [2.45, 2.75) is 13.1 Å². The summed E-state index contributed by atoms with van der Waals surface area (Å²) in [5, 5.41) is 3.12. The zero-order valence-corrected chi connectivity index (χ0v) is 15.6. The predicted molar refractivity (Wildman–Crippen MR) is 106 cm³/mol. The molecule has 0 aliphatic carbocycles. The van der Waals surface area contributed by atoms with Crippen molar-refractivity contribution in [1.29, 1.82) is 0 Å². The smallest absolute Gasteiger partial charge is 0.274 e. The Balaban J connectivity index is 1.27. The lowest BCUT2D eigenvalue weighted by Gasteiger charge is -2.34. The normalized spacial score (nSPS) is 14.8. The third-order valence-electron chi connectivity index (χ3n) is 4.80. The number of anilines is 1. The first-order valence-electron chi connectivity index (χ1n) is 9.42. The number of hydrogen-bond donors (Lipinski definition) is 1. The van der Waals surface area contributed by atoms with Gasteiger partial charge in [-0.25, -0.2) is 9.97 Å². The molecular weight excluding hydrogens is 354 g/mol. The molecule has 1 saturated heterocycles. The Hall–Kier alpha value is -3.19. The van der Waals surface area contributed by atoms with E-state index in [9.17, 15) is 4.79 Å². The summed E-state index contributed by atoms with van der Waals surface area (Å²) in [5.74, 6) is 1.36. The van der Waals surface area contributed by atoms with Crippen LogP contribution in [-0.2, 0) is 13.1 Å². The number of amides is 1. The number of benzene rings is 1. The van der Waals surface area contributed by atoms with E-state index in [0.717, 1.165) is 25.4 Å². The number of rotatable bonds is 6. The number of carbonyl (C=O) groups excluding carboxylic acids is 1. The van der Waals surface area contributed by atoms with Crippen molar-refractivity contribution in [3.05, 3.63) is 78.1 Å². The molecule has 3 heterocycles. The largest absolute Gasteiger partial charge is 0.467 e. The second-order valence-electron chi connectivity index (χ2n) is 6.77. The molecule has 0 spiro atoms. The Morgan fingerprint density at radius 2 is 1.82 bits per heavy atom. The van der Waals surface area contributed by atoms with Crippen LogP contribution < -0.4 is 5.32 Å². The van der Waals surface area contributed by atoms with Gasteiger partial charge in [0.15, 0.2) is 0 Å². The second-order valence-corrected chi connectivity index (χ2v) is 6.77. The highest BCUT2D eigenvalue weighted by Crippen LogP contribution is 2.12. The number of nitrogens with zero attached hydrogens (tertiary/aromatic N) is 4. The van der Waals surface area contributed by atoms with Crippen molar-refractivity contribution in [3.8, 4) is 0 Å². The van der Waals surface area contributed by atoms with Gasteiger partial charge in [-0.1, -0.05) is 30.3 Å². The Labute approximate surface area is 164 Å². The van der Waals surface area contributed by atoms with Crippen molar-refractivity contribution in [3.63, 3.8) is 0 Å². The summed E-state index contributed by atoms with van der Waals surface area (Å²) in [7, 11) is 0. The van der Waals surface area contributed by atoms with Gasteiger partial charge in [0, 0.05) is 32.7 Å². The molecule has 3 aromatic rings. The van der Waals surface area contributed by atoms with Crippen LogP contribution in [0.5, 0.6) is 0 Å². The van der Waals surface area contributed by atoms with Crippen LogP contribution in [0.4, 0.5) is 5.82 Å². The monoisotopic (exact) mass is 377 g/mol. The Morgan fingerprint density at radius 1 is 1.00 bits per heavy atom. The molecule has 28 heavy (non-hydrogen) atoms. The SMILES string of the molecule is O=C(c1cnc(NCc2ccco2)cn1)N1CCN(Cc2ccccc2)CC1. The maximum Gasteiger partial charge on any atom is 0.274 e. The molecule has 7 heteroatoms. The van der Waals surface area contributed by atoms with Crippen LogP contribution in [0, 0.1) is 0 Å². The van der Waals surface area contributed by atoms with E-state index in [4.69, 9.17) is 4.42 Å². The quantitative estimate of drug-likeness (QED) is 0.712. The van der Waals surface area contributed by atoms with Gasteiger partial charge in [-0.2, -0.15) is 0 Å². The fraction of sp³-hybridized carbons (Fsp3) is 0.286. The van der Waals surface area contributed by atoms with Gasteiger partial charge in [-0.15, -0.1) is 0 Å². The molecule has 1 aliphatic rings. The lowest BCUT2D eigenvalue weighted by atomic mass is 10.2. The van der Waals surface area contributed by atoms with Gasteiger partial charge in [0.05, 0.1) is 25.2 Å². The number of carbonyl (C=O) groups is 1. The summed E-state index contributed by atoms with van der Waals surface area (Å²) < 4.78 is 5.27. The van der Waals surface area contributed by atoms with Crippen LogP contribution in [0.3, 0.4) is 0 Å². The number of furan rings is 1. The topological polar surface area (TPSA) is 74.5 Å². The molecule has 0 atom stereocenters. The minimum atomic E-state index is -0.0653. The molecule has 1 aromatic carbocycles. The van der Waals surface area contributed by atoms with Crippen molar-refractivity contribution < 1.29 is 9.21 Å². The number of piperazine rings is 1. The standard InChI is InChI=1S/C21H23N5O2/c27-21(19-14-24-20(15-22-19)23-13-18-7-4-12-28-18)26-10-8-25(9-11-26)16-17-5-2-1-3-6-17/h1-7,12,14-15H,8-11,13,16H2,(H,23,24). The molecule has 1 fully saturated rings. The van der Waals surface area contributed by atoms with E-state index in [1.165, 1.54) is 11.8 Å². The molecule has 1 aliphatic heterocycles. The average Bonchev–Trinajstić information content (AvgIpc) is 3.27. The molecule has 0 unspecified atom stereocenters. The van der Waals surface area contributed by atoms with E-state index >= 15 is 0 Å². The molecule has 0 saturated carbocycles. The van der Waals surface area contributed by atoms with Gasteiger partial charge in [0.1, 0.15) is 17.3 Å². The van der Waals surface area contributed by atoms with Gasteiger partial charge in [-0.05, 0) is 17.7 Å². The summed E-state index contributed by atoms with van der Waals surface area (Å²) >= 11 is 0. The molecular formula is C21H23N5O2. The van der Waals surface area contributed by atoms with Crippen LogP contribution in [-0.4, -0.2) is 51.9 Å². The first kappa shape index (κ1) is 18.2. The van der Waals surface area contributed by atoms with Crippen LogP contribution in [0.2, 0.25) is 0 Å². The lowest BCUT2D eigenvalue weighted by Crippen LogP contribution is -2.48. The van der Waals surface area contributed by atoms with Gasteiger partial charge < -0.3 is 14.6 Å². The number of aromatic nitrogens is 2. The summed E-state index contributed by atoms with van der Waals surface area (Å²) in [4.78, 5) is 25.5. The highest BCUT2D eigenvalue weighted by atomic mass is 16.3. The molecule has 144 valence electrons.